The molecule has 1 N–H and O–H groups in total. The predicted octanol–water partition coefficient (Wildman–Crippen LogP) is 3.12. The van der Waals surface area contributed by atoms with Crippen molar-refractivity contribution >= 4 is 15.9 Å². The number of hydrogen-bond donors (Lipinski definition) is 1. The average molecular weight is 439 g/mol. The van der Waals surface area contributed by atoms with Crippen LogP contribution in [-0.2, 0) is 22.3 Å². The summed E-state index contributed by atoms with van der Waals surface area (Å²) in [5.41, 5.74) is 3.19. The summed E-state index contributed by atoms with van der Waals surface area (Å²) in [6, 6.07) is 14.7. The molecule has 162 valence electrons. The van der Waals surface area contributed by atoms with Gasteiger partial charge in [0, 0.05) is 43.3 Å². The standard InChI is InChI=1S/C23H26N4O3S/c28-23(25-16-19-6-10-22(11-7-19)26-15-12-24-18-26)21-8-4-20(5-9-21)17-31(29,30)27-13-2-1-3-14-27/h4-12,15,18H,1-3,13-14,16-17H2,(H,25,28). The van der Waals surface area contributed by atoms with E-state index in [-0.39, 0.29) is 11.7 Å². The Labute approximate surface area is 182 Å². The van der Waals surface area contributed by atoms with Crippen molar-refractivity contribution in [1.82, 2.24) is 19.2 Å². The Morgan fingerprint density at radius 1 is 0.935 bits per heavy atom. The number of carbonyl (C=O) groups is 1. The number of piperidine rings is 1. The molecule has 1 fully saturated rings. The molecule has 1 aliphatic rings. The van der Waals surface area contributed by atoms with E-state index in [1.807, 2.05) is 35.0 Å². The average Bonchev–Trinajstić information content (AvgIpc) is 3.34. The number of rotatable bonds is 7. The molecule has 7 nitrogen and oxygen atoms in total. The van der Waals surface area contributed by atoms with Gasteiger partial charge in [-0.25, -0.2) is 17.7 Å². The van der Waals surface area contributed by atoms with Gasteiger partial charge in [-0.05, 0) is 48.2 Å². The zero-order valence-electron chi connectivity index (χ0n) is 17.3. The van der Waals surface area contributed by atoms with E-state index >= 15 is 0 Å². The molecule has 0 aliphatic carbocycles. The Hall–Kier alpha value is -2.97. The highest BCUT2D eigenvalue weighted by atomic mass is 32.2. The first kappa shape index (κ1) is 21.3. The third kappa shape index (κ3) is 5.39. The minimum atomic E-state index is -3.31. The molecule has 1 aromatic heterocycles. The van der Waals surface area contributed by atoms with Gasteiger partial charge in [-0.2, -0.15) is 0 Å². The van der Waals surface area contributed by atoms with Crippen LogP contribution < -0.4 is 5.32 Å². The Balaban J connectivity index is 1.32. The molecule has 0 atom stereocenters. The smallest absolute Gasteiger partial charge is 0.251 e. The van der Waals surface area contributed by atoms with Gasteiger partial charge < -0.3 is 9.88 Å². The molecule has 8 heteroatoms. The molecule has 3 aromatic rings. The van der Waals surface area contributed by atoms with Gasteiger partial charge in [0.2, 0.25) is 10.0 Å². The van der Waals surface area contributed by atoms with Crippen LogP contribution in [0.25, 0.3) is 5.69 Å². The van der Waals surface area contributed by atoms with Crippen molar-refractivity contribution < 1.29 is 13.2 Å². The molecule has 1 amide bonds. The highest BCUT2D eigenvalue weighted by molar-refractivity contribution is 7.88. The van der Waals surface area contributed by atoms with Crippen molar-refractivity contribution in [3.8, 4) is 5.69 Å². The fourth-order valence-corrected chi connectivity index (χ4v) is 5.29. The Morgan fingerprint density at radius 3 is 2.26 bits per heavy atom. The molecule has 31 heavy (non-hydrogen) atoms. The van der Waals surface area contributed by atoms with E-state index in [0.717, 1.165) is 30.5 Å². The quantitative estimate of drug-likeness (QED) is 0.614. The van der Waals surface area contributed by atoms with Gasteiger partial charge in [-0.1, -0.05) is 30.7 Å². The second kappa shape index (κ2) is 9.45. The van der Waals surface area contributed by atoms with E-state index in [4.69, 9.17) is 0 Å². The minimum Gasteiger partial charge on any atom is -0.348 e. The predicted molar refractivity (Wildman–Crippen MR) is 119 cm³/mol. The van der Waals surface area contributed by atoms with E-state index in [1.54, 1.807) is 41.1 Å². The number of carbonyl (C=O) groups excluding carboxylic acids is 1. The molecule has 0 unspecified atom stereocenters. The summed E-state index contributed by atoms with van der Waals surface area (Å²) >= 11 is 0. The summed E-state index contributed by atoms with van der Waals surface area (Å²) in [4.78, 5) is 16.5. The van der Waals surface area contributed by atoms with Gasteiger partial charge in [0.15, 0.2) is 0 Å². The number of aromatic nitrogens is 2. The van der Waals surface area contributed by atoms with Crippen LogP contribution in [-0.4, -0.2) is 41.3 Å². The Bertz CT molecular complexity index is 1100. The number of amides is 1. The maximum Gasteiger partial charge on any atom is 0.251 e. The largest absolute Gasteiger partial charge is 0.348 e. The van der Waals surface area contributed by atoms with Gasteiger partial charge in [-0.15, -0.1) is 0 Å². The van der Waals surface area contributed by atoms with Gasteiger partial charge in [0.05, 0.1) is 12.1 Å². The molecule has 2 heterocycles. The second-order valence-electron chi connectivity index (χ2n) is 7.73. The Morgan fingerprint density at radius 2 is 1.61 bits per heavy atom. The van der Waals surface area contributed by atoms with Crippen LogP contribution in [0, 0.1) is 0 Å². The monoisotopic (exact) mass is 438 g/mol. The van der Waals surface area contributed by atoms with Gasteiger partial charge in [0.25, 0.3) is 5.91 Å². The van der Waals surface area contributed by atoms with Gasteiger partial charge >= 0.3 is 0 Å². The minimum absolute atomic E-state index is 0.0296. The maximum absolute atomic E-state index is 12.6. The van der Waals surface area contributed by atoms with Gasteiger partial charge in [-0.3, -0.25) is 4.79 Å². The summed E-state index contributed by atoms with van der Waals surface area (Å²) in [6.07, 6.45) is 8.26. The number of nitrogens with one attached hydrogen (secondary N) is 1. The van der Waals surface area contributed by atoms with Crippen LogP contribution in [0.4, 0.5) is 0 Å². The fourth-order valence-electron chi connectivity index (χ4n) is 3.68. The summed E-state index contributed by atoms with van der Waals surface area (Å²) in [5.74, 6) is -0.220. The van der Waals surface area contributed by atoms with Crippen molar-refractivity contribution in [2.24, 2.45) is 0 Å². The normalized spacial score (nSPS) is 15.0. The molecule has 0 radical (unpaired) electrons. The zero-order valence-corrected chi connectivity index (χ0v) is 18.1. The summed E-state index contributed by atoms with van der Waals surface area (Å²) in [6.45, 7) is 1.62. The number of sulfonamides is 1. The summed E-state index contributed by atoms with van der Waals surface area (Å²) < 4.78 is 28.6. The van der Waals surface area contributed by atoms with E-state index in [2.05, 4.69) is 10.3 Å². The molecule has 0 saturated carbocycles. The third-order valence-corrected chi connectivity index (χ3v) is 7.32. The topological polar surface area (TPSA) is 84.3 Å². The lowest BCUT2D eigenvalue weighted by molar-refractivity contribution is 0.0951. The highest BCUT2D eigenvalue weighted by Crippen LogP contribution is 2.17. The van der Waals surface area contributed by atoms with Crippen LogP contribution in [0.1, 0.15) is 40.7 Å². The van der Waals surface area contributed by atoms with E-state index in [0.29, 0.717) is 30.8 Å². The lowest BCUT2D eigenvalue weighted by Crippen LogP contribution is -2.36. The number of imidazole rings is 1. The van der Waals surface area contributed by atoms with Crippen molar-refractivity contribution in [3.05, 3.63) is 83.9 Å². The zero-order chi connectivity index (χ0) is 21.7. The van der Waals surface area contributed by atoms with E-state index in [1.165, 1.54) is 0 Å². The van der Waals surface area contributed by atoms with Crippen LogP contribution >= 0.6 is 0 Å². The molecule has 4 rings (SSSR count). The van der Waals surface area contributed by atoms with Crippen LogP contribution in [0.5, 0.6) is 0 Å². The maximum atomic E-state index is 12.6. The lowest BCUT2D eigenvalue weighted by atomic mass is 10.1. The first-order valence-electron chi connectivity index (χ1n) is 10.4. The van der Waals surface area contributed by atoms with Crippen molar-refractivity contribution in [2.75, 3.05) is 13.1 Å². The second-order valence-corrected chi connectivity index (χ2v) is 9.70. The molecule has 1 aliphatic heterocycles. The van der Waals surface area contributed by atoms with Gasteiger partial charge in [0.1, 0.15) is 0 Å². The highest BCUT2D eigenvalue weighted by Gasteiger charge is 2.24. The van der Waals surface area contributed by atoms with Crippen LogP contribution in [0.2, 0.25) is 0 Å². The van der Waals surface area contributed by atoms with E-state index < -0.39 is 10.0 Å². The number of benzene rings is 2. The molecule has 1 saturated heterocycles. The molecular weight excluding hydrogens is 412 g/mol. The molecule has 0 spiro atoms. The SMILES string of the molecule is O=C(NCc1ccc(-n2ccnc2)cc1)c1ccc(CS(=O)(=O)N2CCCCC2)cc1. The van der Waals surface area contributed by atoms with Crippen molar-refractivity contribution in [2.45, 2.75) is 31.6 Å². The van der Waals surface area contributed by atoms with Crippen molar-refractivity contribution in [3.63, 3.8) is 0 Å². The first-order valence-corrected chi connectivity index (χ1v) is 12.0. The molecule has 2 aromatic carbocycles. The van der Waals surface area contributed by atoms with Crippen LogP contribution in [0.3, 0.4) is 0 Å². The molecular formula is C23H26N4O3S. The fraction of sp³-hybridized carbons (Fsp3) is 0.304. The number of hydrogen-bond acceptors (Lipinski definition) is 4. The van der Waals surface area contributed by atoms with E-state index in [9.17, 15) is 13.2 Å². The summed E-state index contributed by atoms with van der Waals surface area (Å²) in [5, 5.41) is 2.90. The number of nitrogens with zero attached hydrogens (tertiary/aromatic N) is 3. The third-order valence-electron chi connectivity index (χ3n) is 5.47. The summed E-state index contributed by atoms with van der Waals surface area (Å²) in [7, 11) is -3.31. The molecule has 0 bridgehead atoms. The first-order chi connectivity index (χ1) is 15.0. The lowest BCUT2D eigenvalue weighted by Gasteiger charge is -2.25. The Kier molecular flexibility index (Phi) is 6.48. The van der Waals surface area contributed by atoms with Crippen molar-refractivity contribution in [1.29, 1.82) is 0 Å². The van der Waals surface area contributed by atoms with Crippen LogP contribution in [0.15, 0.2) is 67.3 Å².